The first-order chi connectivity index (χ1) is 9.20. The molecule has 0 amide bonds. The van der Waals surface area contributed by atoms with Gasteiger partial charge in [0.05, 0.1) is 5.92 Å². The van der Waals surface area contributed by atoms with Crippen LogP contribution in [0, 0.1) is 5.92 Å². The Kier molecular flexibility index (Phi) is 4.93. The number of aliphatic carboxylic acids is 1. The zero-order valence-corrected chi connectivity index (χ0v) is 11.4. The van der Waals surface area contributed by atoms with Gasteiger partial charge >= 0.3 is 5.97 Å². The molecular formula is C15H22N2O2. The van der Waals surface area contributed by atoms with Crippen molar-refractivity contribution in [2.45, 2.75) is 25.9 Å². The summed E-state index contributed by atoms with van der Waals surface area (Å²) in [5.41, 5.74) is 1.24. The largest absolute Gasteiger partial charge is 0.481 e. The summed E-state index contributed by atoms with van der Waals surface area (Å²) in [5, 5.41) is 12.6. The third-order valence-corrected chi connectivity index (χ3v) is 3.73. The average Bonchev–Trinajstić information content (AvgIpc) is 2.42. The predicted molar refractivity (Wildman–Crippen MR) is 74.9 cm³/mol. The minimum Gasteiger partial charge on any atom is -0.481 e. The Morgan fingerprint density at radius 1 is 1.42 bits per heavy atom. The minimum absolute atomic E-state index is 0.106. The van der Waals surface area contributed by atoms with Crippen molar-refractivity contribution in [3.8, 4) is 0 Å². The molecule has 4 nitrogen and oxygen atoms in total. The van der Waals surface area contributed by atoms with Crippen molar-refractivity contribution < 1.29 is 9.90 Å². The number of carboxylic acids is 1. The molecule has 2 rings (SSSR count). The monoisotopic (exact) mass is 262 g/mol. The van der Waals surface area contributed by atoms with Gasteiger partial charge in [-0.25, -0.2) is 0 Å². The number of carboxylic acid groups (broad SMARTS) is 1. The van der Waals surface area contributed by atoms with Crippen LogP contribution in [0.4, 0.5) is 0 Å². The van der Waals surface area contributed by atoms with Crippen molar-refractivity contribution >= 4 is 5.97 Å². The number of hydrogen-bond donors (Lipinski definition) is 2. The second kappa shape index (κ2) is 6.68. The highest BCUT2D eigenvalue weighted by Crippen LogP contribution is 2.19. The first-order valence-electron chi connectivity index (χ1n) is 6.93. The summed E-state index contributed by atoms with van der Waals surface area (Å²) in [4.78, 5) is 13.6. The van der Waals surface area contributed by atoms with Crippen LogP contribution in [0.25, 0.3) is 0 Å². The predicted octanol–water partition coefficient (Wildman–Crippen LogP) is 1.57. The van der Waals surface area contributed by atoms with E-state index in [0.717, 1.165) is 26.1 Å². The fourth-order valence-electron chi connectivity index (χ4n) is 2.76. The van der Waals surface area contributed by atoms with Crippen molar-refractivity contribution in [3.05, 3.63) is 35.9 Å². The molecule has 1 aromatic carbocycles. The molecule has 0 bridgehead atoms. The lowest BCUT2D eigenvalue weighted by Gasteiger charge is -2.36. The highest BCUT2D eigenvalue weighted by molar-refractivity contribution is 5.71. The van der Waals surface area contributed by atoms with Crippen molar-refractivity contribution in [1.82, 2.24) is 10.2 Å². The van der Waals surface area contributed by atoms with Gasteiger partial charge in [0.1, 0.15) is 0 Å². The molecule has 2 unspecified atom stereocenters. The molecule has 1 saturated heterocycles. The number of nitrogens with zero attached hydrogens (tertiary/aromatic N) is 1. The van der Waals surface area contributed by atoms with Gasteiger partial charge in [-0.3, -0.25) is 9.69 Å². The summed E-state index contributed by atoms with van der Waals surface area (Å²) < 4.78 is 0. The standard InChI is InChI=1S/C15H22N2O2/c1-2-16-14-8-9-17(11-13(14)15(18)19)10-12-6-4-3-5-7-12/h3-7,13-14,16H,2,8-11H2,1H3,(H,18,19). The van der Waals surface area contributed by atoms with Gasteiger partial charge in [0.2, 0.25) is 0 Å². The number of carbonyl (C=O) groups is 1. The molecule has 4 heteroatoms. The first-order valence-corrected chi connectivity index (χ1v) is 6.93. The van der Waals surface area contributed by atoms with E-state index in [1.807, 2.05) is 25.1 Å². The van der Waals surface area contributed by atoms with E-state index in [2.05, 4.69) is 22.3 Å². The molecule has 0 spiro atoms. The maximum atomic E-state index is 11.4. The number of hydrogen-bond acceptors (Lipinski definition) is 3. The van der Waals surface area contributed by atoms with Crippen LogP contribution in [0.5, 0.6) is 0 Å². The van der Waals surface area contributed by atoms with Crippen LogP contribution in [0.15, 0.2) is 30.3 Å². The minimum atomic E-state index is -0.691. The van der Waals surface area contributed by atoms with E-state index in [9.17, 15) is 9.90 Å². The van der Waals surface area contributed by atoms with Gasteiger partial charge in [0, 0.05) is 25.7 Å². The molecule has 104 valence electrons. The van der Waals surface area contributed by atoms with E-state index >= 15 is 0 Å². The Labute approximate surface area is 114 Å². The van der Waals surface area contributed by atoms with Crippen LogP contribution in [-0.2, 0) is 11.3 Å². The average molecular weight is 262 g/mol. The second-order valence-electron chi connectivity index (χ2n) is 5.12. The van der Waals surface area contributed by atoms with Crippen molar-refractivity contribution in [1.29, 1.82) is 0 Å². The summed E-state index contributed by atoms with van der Waals surface area (Å²) in [5.74, 6) is -0.999. The number of piperidine rings is 1. The van der Waals surface area contributed by atoms with Gasteiger partial charge in [-0.2, -0.15) is 0 Å². The molecule has 2 N–H and O–H groups in total. The van der Waals surface area contributed by atoms with Gasteiger partial charge < -0.3 is 10.4 Å². The van der Waals surface area contributed by atoms with Crippen LogP contribution in [-0.4, -0.2) is 41.7 Å². The molecular weight excluding hydrogens is 240 g/mol. The second-order valence-corrected chi connectivity index (χ2v) is 5.12. The Balaban J connectivity index is 1.97. The van der Waals surface area contributed by atoms with Crippen molar-refractivity contribution in [3.63, 3.8) is 0 Å². The maximum Gasteiger partial charge on any atom is 0.309 e. The number of rotatable bonds is 5. The zero-order valence-electron chi connectivity index (χ0n) is 11.4. The lowest BCUT2D eigenvalue weighted by atomic mass is 9.92. The van der Waals surface area contributed by atoms with Crippen LogP contribution in [0.2, 0.25) is 0 Å². The van der Waals surface area contributed by atoms with Crippen LogP contribution in [0.3, 0.4) is 0 Å². The SMILES string of the molecule is CCNC1CCN(Cc2ccccc2)CC1C(=O)O. The van der Waals surface area contributed by atoms with E-state index in [-0.39, 0.29) is 12.0 Å². The Hall–Kier alpha value is -1.39. The Morgan fingerprint density at radius 2 is 2.16 bits per heavy atom. The van der Waals surface area contributed by atoms with Gasteiger partial charge in [0.25, 0.3) is 0 Å². The lowest BCUT2D eigenvalue weighted by molar-refractivity contribution is -0.144. The Bertz CT molecular complexity index is 408. The van der Waals surface area contributed by atoms with E-state index in [0.29, 0.717) is 6.54 Å². The molecule has 0 radical (unpaired) electrons. The molecule has 19 heavy (non-hydrogen) atoms. The molecule has 1 aromatic rings. The topological polar surface area (TPSA) is 52.6 Å². The van der Waals surface area contributed by atoms with E-state index < -0.39 is 5.97 Å². The van der Waals surface area contributed by atoms with E-state index in [4.69, 9.17) is 0 Å². The smallest absolute Gasteiger partial charge is 0.309 e. The third kappa shape index (κ3) is 3.78. The van der Waals surface area contributed by atoms with Crippen LogP contribution in [0.1, 0.15) is 18.9 Å². The van der Waals surface area contributed by atoms with Crippen LogP contribution >= 0.6 is 0 Å². The summed E-state index contributed by atoms with van der Waals surface area (Å²) in [6, 6.07) is 10.3. The van der Waals surface area contributed by atoms with Crippen LogP contribution < -0.4 is 5.32 Å². The number of benzene rings is 1. The summed E-state index contributed by atoms with van der Waals surface area (Å²) in [7, 11) is 0. The third-order valence-electron chi connectivity index (χ3n) is 3.73. The van der Waals surface area contributed by atoms with Gasteiger partial charge in [0.15, 0.2) is 0 Å². The van der Waals surface area contributed by atoms with Crippen molar-refractivity contribution in [2.75, 3.05) is 19.6 Å². The first kappa shape index (κ1) is 14.0. The summed E-state index contributed by atoms with van der Waals surface area (Å²) >= 11 is 0. The molecule has 1 aliphatic heterocycles. The molecule has 2 atom stereocenters. The summed E-state index contributed by atoms with van der Waals surface area (Å²) in [6.07, 6.45) is 0.900. The molecule has 0 saturated carbocycles. The molecule has 1 fully saturated rings. The fourth-order valence-corrected chi connectivity index (χ4v) is 2.76. The number of nitrogens with one attached hydrogen (secondary N) is 1. The quantitative estimate of drug-likeness (QED) is 0.846. The lowest BCUT2D eigenvalue weighted by Crippen LogP contribution is -2.51. The van der Waals surface area contributed by atoms with E-state index in [1.165, 1.54) is 5.56 Å². The maximum absolute atomic E-state index is 11.4. The highest BCUT2D eigenvalue weighted by atomic mass is 16.4. The zero-order chi connectivity index (χ0) is 13.7. The number of likely N-dealkylation sites (tertiary alicyclic amines) is 1. The van der Waals surface area contributed by atoms with Gasteiger partial charge in [-0.05, 0) is 18.5 Å². The fraction of sp³-hybridized carbons (Fsp3) is 0.533. The van der Waals surface area contributed by atoms with Crippen molar-refractivity contribution in [2.24, 2.45) is 5.92 Å². The molecule has 1 aliphatic rings. The molecule has 1 heterocycles. The normalized spacial score (nSPS) is 24.3. The molecule has 0 aromatic heterocycles. The Morgan fingerprint density at radius 3 is 2.79 bits per heavy atom. The van der Waals surface area contributed by atoms with Gasteiger partial charge in [-0.1, -0.05) is 37.3 Å². The highest BCUT2D eigenvalue weighted by Gasteiger charge is 2.33. The molecule has 0 aliphatic carbocycles. The summed E-state index contributed by atoms with van der Waals surface area (Å²) in [6.45, 7) is 5.27. The van der Waals surface area contributed by atoms with E-state index in [1.54, 1.807) is 0 Å². The van der Waals surface area contributed by atoms with Gasteiger partial charge in [-0.15, -0.1) is 0 Å².